The molecule has 2 N–H and O–H groups in total. The summed E-state index contributed by atoms with van der Waals surface area (Å²) in [4.78, 5) is 26.7. The number of likely N-dealkylation sites (N-methyl/N-ethyl adjacent to an activating group) is 1. The molecule has 1 aromatic rings. The Morgan fingerprint density at radius 1 is 1.35 bits per heavy atom. The highest BCUT2D eigenvalue weighted by Crippen LogP contribution is 2.22. The zero-order valence-electron chi connectivity index (χ0n) is 13.7. The van der Waals surface area contributed by atoms with Crippen LogP contribution in [0.3, 0.4) is 0 Å². The molecule has 0 radical (unpaired) electrons. The fraction of sp³-hybridized carbons (Fsp3) is 0.529. The molecule has 1 atom stereocenters. The van der Waals surface area contributed by atoms with Gasteiger partial charge in [-0.05, 0) is 50.6 Å². The zero-order valence-corrected chi connectivity index (χ0v) is 15.3. The van der Waals surface area contributed by atoms with Crippen molar-refractivity contribution in [1.29, 1.82) is 0 Å². The van der Waals surface area contributed by atoms with Gasteiger partial charge in [0.25, 0.3) is 5.91 Å². The Bertz CT molecular complexity index is 577. The normalized spacial score (nSPS) is 17.9. The Morgan fingerprint density at radius 2 is 2.13 bits per heavy atom. The van der Waals surface area contributed by atoms with Gasteiger partial charge in [-0.2, -0.15) is 0 Å². The van der Waals surface area contributed by atoms with Gasteiger partial charge in [0, 0.05) is 36.2 Å². The molecule has 2 rings (SSSR count). The number of hydrogen-bond donors (Lipinski definition) is 2. The van der Waals surface area contributed by atoms with Crippen molar-refractivity contribution in [3.8, 4) is 0 Å². The van der Waals surface area contributed by atoms with Crippen molar-refractivity contribution in [3.63, 3.8) is 0 Å². The van der Waals surface area contributed by atoms with Crippen LogP contribution < -0.4 is 10.6 Å². The average Bonchev–Trinajstić information content (AvgIpc) is 2.54. The quantitative estimate of drug-likeness (QED) is 0.766. The average molecular weight is 382 g/mol. The highest BCUT2D eigenvalue weighted by molar-refractivity contribution is 9.10. The Morgan fingerprint density at radius 3 is 2.83 bits per heavy atom. The third kappa shape index (κ3) is 4.78. The van der Waals surface area contributed by atoms with Crippen molar-refractivity contribution in [3.05, 3.63) is 33.8 Å². The fourth-order valence-electron chi connectivity index (χ4n) is 2.87. The maximum Gasteiger partial charge on any atom is 0.254 e. The van der Waals surface area contributed by atoms with Gasteiger partial charge in [-0.3, -0.25) is 9.59 Å². The van der Waals surface area contributed by atoms with Crippen molar-refractivity contribution in [1.82, 2.24) is 15.5 Å². The van der Waals surface area contributed by atoms with Crippen LogP contribution in [-0.2, 0) is 4.79 Å². The van der Waals surface area contributed by atoms with Gasteiger partial charge in [-0.25, -0.2) is 0 Å². The lowest BCUT2D eigenvalue weighted by Gasteiger charge is -2.32. The van der Waals surface area contributed by atoms with E-state index in [-0.39, 0.29) is 17.7 Å². The molecule has 1 saturated heterocycles. The number of nitrogens with zero attached hydrogens (tertiary/aromatic N) is 1. The van der Waals surface area contributed by atoms with Crippen LogP contribution in [0.5, 0.6) is 0 Å². The Hall–Kier alpha value is -1.40. The first-order chi connectivity index (χ1) is 11.0. The molecule has 1 fully saturated rings. The molecule has 0 bridgehead atoms. The summed E-state index contributed by atoms with van der Waals surface area (Å²) in [5, 5.41) is 5.93. The number of benzene rings is 1. The van der Waals surface area contributed by atoms with Crippen LogP contribution >= 0.6 is 15.9 Å². The standard InChI is InChI=1S/C17H24BrN3O2/c1-12-10-14(18)5-6-15(12)17(23)21-9-3-4-13(11-21)16(22)20-8-7-19-2/h5-6,10,13,19H,3-4,7-9,11H2,1-2H3,(H,20,22). The van der Waals surface area contributed by atoms with E-state index in [1.807, 2.05) is 37.1 Å². The number of nitrogens with one attached hydrogen (secondary N) is 2. The largest absolute Gasteiger partial charge is 0.355 e. The zero-order chi connectivity index (χ0) is 16.8. The van der Waals surface area contributed by atoms with Gasteiger partial charge in [0.05, 0.1) is 5.92 Å². The number of likely N-dealkylation sites (tertiary alicyclic amines) is 1. The summed E-state index contributed by atoms with van der Waals surface area (Å²) in [6, 6.07) is 5.67. The van der Waals surface area contributed by atoms with Crippen LogP contribution in [0, 0.1) is 12.8 Å². The molecule has 23 heavy (non-hydrogen) atoms. The lowest BCUT2D eigenvalue weighted by atomic mass is 9.96. The number of amides is 2. The molecule has 1 aliphatic heterocycles. The van der Waals surface area contributed by atoms with Gasteiger partial charge in [0.15, 0.2) is 0 Å². The molecule has 0 spiro atoms. The third-order valence-corrected chi connectivity index (χ3v) is 4.67. The van der Waals surface area contributed by atoms with E-state index in [1.165, 1.54) is 0 Å². The molecule has 0 aromatic heterocycles. The van der Waals surface area contributed by atoms with Crippen LogP contribution in [0.4, 0.5) is 0 Å². The predicted octanol–water partition coefficient (Wildman–Crippen LogP) is 1.95. The number of rotatable bonds is 5. The molecule has 5 nitrogen and oxygen atoms in total. The Labute approximate surface area is 145 Å². The maximum atomic E-state index is 12.7. The molecule has 126 valence electrons. The third-order valence-electron chi connectivity index (χ3n) is 4.17. The van der Waals surface area contributed by atoms with Crippen molar-refractivity contribution >= 4 is 27.7 Å². The van der Waals surface area contributed by atoms with E-state index in [0.29, 0.717) is 25.2 Å². The molecular weight excluding hydrogens is 358 g/mol. The van der Waals surface area contributed by atoms with Crippen LogP contribution in [0.2, 0.25) is 0 Å². The number of piperidine rings is 1. The summed E-state index contributed by atoms with van der Waals surface area (Å²) in [5.41, 5.74) is 1.66. The molecule has 0 saturated carbocycles. The van der Waals surface area contributed by atoms with E-state index in [9.17, 15) is 9.59 Å². The Kier molecular flexibility index (Phi) is 6.59. The van der Waals surface area contributed by atoms with E-state index >= 15 is 0 Å². The summed E-state index contributed by atoms with van der Waals surface area (Å²) in [6.07, 6.45) is 1.71. The minimum Gasteiger partial charge on any atom is -0.355 e. The highest BCUT2D eigenvalue weighted by Gasteiger charge is 2.29. The van der Waals surface area contributed by atoms with E-state index in [4.69, 9.17) is 0 Å². The second kappa shape index (κ2) is 8.45. The van der Waals surface area contributed by atoms with Crippen LogP contribution in [0.25, 0.3) is 0 Å². The van der Waals surface area contributed by atoms with E-state index < -0.39 is 0 Å². The number of halogens is 1. The molecule has 1 unspecified atom stereocenters. The summed E-state index contributed by atoms with van der Waals surface area (Å²) in [7, 11) is 1.85. The molecule has 2 amide bonds. The van der Waals surface area contributed by atoms with Gasteiger partial charge in [-0.15, -0.1) is 0 Å². The van der Waals surface area contributed by atoms with Crippen LogP contribution in [0.15, 0.2) is 22.7 Å². The molecule has 6 heteroatoms. The van der Waals surface area contributed by atoms with Gasteiger partial charge in [0.1, 0.15) is 0 Å². The van der Waals surface area contributed by atoms with Gasteiger partial charge in [0.2, 0.25) is 5.91 Å². The molecule has 0 aliphatic carbocycles. The van der Waals surface area contributed by atoms with Crippen molar-refractivity contribution in [2.45, 2.75) is 19.8 Å². The summed E-state index contributed by atoms with van der Waals surface area (Å²) in [5.74, 6) is -0.0479. The minimum atomic E-state index is -0.111. The smallest absolute Gasteiger partial charge is 0.254 e. The van der Waals surface area contributed by atoms with E-state index in [0.717, 1.165) is 29.4 Å². The van der Waals surface area contributed by atoms with Crippen LogP contribution in [0.1, 0.15) is 28.8 Å². The lowest BCUT2D eigenvalue weighted by molar-refractivity contribution is -0.126. The first-order valence-electron chi connectivity index (χ1n) is 8.00. The van der Waals surface area contributed by atoms with Crippen molar-refractivity contribution in [2.24, 2.45) is 5.92 Å². The van der Waals surface area contributed by atoms with E-state index in [2.05, 4.69) is 26.6 Å². The number of carbonyl (C=O) groups excluding carboxylic acids is 2. The minimum absolute atomic E-state index is 0.0164. The van der Waals surface area contributed by atoms with Gasteiger partial charge >= 0.3 is 0 Å². The first kappa shape index (κ1) is 17.9. The van der Waals surface area contributed by atoms with Crippen molar-refractivity contribution in [2.75, 3.05) is 33.2 Å². The summed E-state index contributed by atoms with van der Waals surface area (Å²) >= 11 is 3.42. The van der Waals surface area contributed by atoms with Crippen LogP contribution in [-0.4, -0.2) is 49.9 Å². The summed E-state index contributed by atoms with van der Waals surface area (Å²) in [6.45, 7) is 4.52. The SMILES string of the molecule is CNCCNC(=O)C1CCCN(C(=O)c2ccc(Br)cc2C)C1. The van der Waals surface area contributed by atoms with Gasteiger partial charge < -0.3 is 15.5 Å². The molecule has 1 aromatic carbocycles. The molecular formula is C17H24BrN3O2. The van der Waals surface area contributed by atoms with E-state index in [1.54, 1.807) is 0 Å². The number of hydrogen-bond acceptors (Lipinski definition) is 3. The number of carbonyl (C=O) groups is 2. The first-order valence-corrected chi connectivity index (χ1v) is 8.80. The van der Waals surface area contributed by atoms with Gasteiger partial charge in [-0.1, -0.05) is 15.9 Å². The second-order valence-corrected chi connectivity index (χ2v) is 6.86. The highest BCUT2D eigenvalue weighted by atomic mass is 79.9. The molecule has 1 aliphatic rings. The second-order valence-electron chi connectivity index (χ2n) is 5.94. The fourth-order valence-corrected chi connectivity index (χ4v) is 3.34. The Balaban J connectivity index is 2.00. The van der Waals surface area contributed by atoms with Crippen molar-refractivity contribution < 1.29 is 9.59 Å². The predicted molar refractivity (Wildman–Crippen MR) is 94.4 cm³/mol. The number of aryl methyl sites for hydroxylation is 1. The molecule has 1 heterocycles. The topological polar surface area (TPSA) is 61.4 Å². The maximum absolute atomic E-state index is 12.7. The summed E-state index contributed by atoms with van der Waals surface area (Å²) < 4.78 is 0.965. The monoisotopic (exact) mass is 381 g/mol. The lowest BCUT2D eigenvalue weighted by Crippen LogP contribution is -2.46.